The van der Waals surface area contributed by atoms with Crippen LogP contribution in [0.2, 0.25) is 0 Å². The second-order valence-corrected chi connectivity index (χ2v) is 6.21. The highest BCUT2D eigenvalue weighted by atomic mass is 32.2. The number of aromatic nitrogens is 1. The van der Waals surface area contributed by atoms with E-state index in [2.05, 4.69) is 4.98 Å². The van der Waals surface area contributed by atoms with Gasteiger partial charge in [-0.2, -0.15) is 0 Å². The normalized spacial score (nSPS) is 11.3. The van der Waals surface area contributed by atoms with E-state index in [9.17, 15) is 22.9 Å². The van der Waals surface area contributed by atoms with Crippen molar-refractivity contribution in [2.45, 2.75) is 10.6 Å². The molecule has 2 rings (SSSR count). The molecular formula is C12H10FN3O4S. The van der Waals surface area contributed by atoms with Gasteiger partial charge in [-0.1, -0.05) is 0 Å². The molecule has 0 spiro atoms. The number of rotatable bonds is 4. The molecule has 0 radical (unpaired) electrons. The van der Waals surface area contributed by atoms with Crippen molar-refractivity contribution >= 4 is 21.2 Å². The first kappa shape index (κ1) is 14.9. The van der Waals surface area contributed by atoms with E-state index in [1.54, 1.807) is 0 Å². The van der Waals surface area contributed by atoms with E-state index in [4.69, 9.17) is 5.73 Å². The van der Waals surface area contributed by atoms with Crippen molar-refractivity contribution in [2.75, 3.05) is 5.73 Å². The summed E-state index contributed by atoms with van der Waals surface area (Å²) >= 11 is 0. The first-order valence-corrected chi connectivity index (χ1v) is 7.31. The van der Waals surface area contributed by atoms with E-state index in [-0.39, 0.29) is 16.1 Å². The number of benzene rings is 1. The largest absolute Gasteiger partial charge is 0.396 e. The van der Waals surface area contributed by atoms with Crippen LogP contribution in [0.1, 0.15) is 5.56 Å². The van der Waals surface area contributed by atoms with Crippen molar-refractivity contribution in [3.8, 4) is 0 Å². The summed E-state index contributed by atoms with van der Waals surface area (Å²) in [4.78, 5) is 13.4. The number of halogens is 1. The van der Waals surface area contributed by atoms with Crippen LogP contribution >= 0.6 is 0 Å². The molecular weight excluding hydrogens is 301 g/mol. The third kappa shape index (κ3) is 3.31. The fourth-order valence-corrected chi connectivity index (χ4v) is 3.24. The second kappa shape index (κ2) is 5.44. The lowest BCUT2D eigenvalue weighted by atomic mass is 10.2. The Labute approximate surface area is 119 Å². The molecule has 2 aromatic rings. The van der Waals surface area contributed by atoms with Crippen LogP contribution in [0.4, 0.5) is 15.8 Å². The number of nitro benzene ring substituents is 1. The molecule has 1 heterocycles. The molecule has 2 N–H and O–H groups in total. The summed E-state index contributed by atoms with van der Waals surface area (Å²) in [5, 5.41) is 10.7. The molecule has 0 saturated carbocycles. The molecule has 0 atom stereocenters. The SMILES string of the molecule is Nc1cnccc1S(=O)(=O)Cc1cc(F)cc([N+](=O)[O-])c1. The van der Waals surface area contributed by atoms with E-state index < -0.39 is 32.0 Å². The highest BCUT2D eigenvalue weighted by molar-refractivity contribution is 7.90. The number of non-ortho nitro benzene ring substituents is 1. The maximum absolute atomic E-state index is 13.3. The summed E-state index contributed by atoms with van der Waals surface area (Å²) in [7, 11) is -3.86. The lowest BCUT2D eigenvalue weighted by Gasteiger charge is -2.07. The number of nitrogen functional groups attached to an aromatic ring is 1. The minimum absolute atomic E-state index is 0.0297. The van der Waals surface area contributed by atoms with Gasteiger partial charge in [0.05, 0.1) is 33.5 Å². The monoisotopic (exact) mass is 311 g/mol. The van der Waals surface area contributed by atoms with E-state index in [1.165, 1.54) is 18.5 Å². The second-order valence-electron chi connectivity index (χ2n) is 4.25. The molecule has 110 valence electrons. The average molecular weight is 311 g/mol. The Morgan fingerprint density at radius 1 is 1.33 bits per heavy atom. The molecule has 0 unspecified atom stereocenters. The van der Waals surface area contributed by atoms with Crippen molar-refractivity contribution in [1.29, 1.82) is 0 Å². The summed E-state index contributed by atoms with van der Waals surface area (Å²) in [6, 6.07) is 3.88. The molecule has 21 heavy (non-hydrogen) atoms. The Morgan fingerprint density at radius 3 is 2.67 bits per heavy atom. The summed E-state index contributed by atoms with van der Waals surface area (Å²) in [6.07, 6.45) is 2.44. The lowest BCUT2D eigenvalue weighted by molar-refractivity contribution is -0.385. The standard InChI is InChI=1S/C12H10FN3O4S/c13-9-3-8(4-10(5-9)16(17)18)7-21(19,20)12-1-2-15-6-11(12)14/h1-6H,7,14H2. The Kier molecular flexibility index (Phi) is 3.85. The molecule has 0 bridgehead atoms. The Balaban J connectivity index is 2.42. The molecule has 1 aromatic carbocycles. The Hall–Kier alpha value is -2.55. The van der Waals surface area contributed by atoms with E-state index >= 15 is 0 Å². The zero-order valence-electron chi connectivity index (χ0n) is 10.6. The summed E-state index contributed by atoms with van der Waals surface area (Å²) in [5.41, 5.74) is 4.96. The van der Waals surface area contributed by atoms with Crippen LogP contribution in [0.15, 0.2) is 41.6 Å². The number of nitrogens with zero attached hydrogens (tertiary/aromatic N) is 2. The van der Waals surface area contributed by atoms with Gasteiger partial charge < -0.3 is 5.73 Å². The molecule has 0 aliphatic carbocycles. The zero-order chi connectivity index (χ0) is 15.6. The molecule has 0 fully saturated rings. The first-order valence-electron chi connectivity index (χ1n) is 5.66. The number of sulfone groups is 1. The minimum Gasteiger partial charge on any atom is -0.396 e. The molecule has 9 heteroatoms. The van der Waals surface area contributed by atoms with Crippen molar-refractivity contribution in [2.24, 2.45) is 0 Å². The van der Waals surface area contributed by atoms with Crippen molar-refractivity contribution in [3.63, 3.8) is 0 Å². The summed E-state index contributed by atoms with van der Waals surface area (Å²) in [5.74, 6) is -1.48. The van der Waals surface area contributed by atoms with Gasteiger partial charge in [0.1, 0.15) is 5.82 Å². The van der Waals surface area contributed by atoms with Gasteiger partial charge in [0.2, 0.25) is 0 Å². The lowest BCUT2D eigenvalue weighted by Crippen LogP contribution is -2.08. The molecule has 0 amide bonds. The predicted molar refractivity (Wildman–Crippen MR) is 72.6 cm³/mol. The van der Waals surface area contributed by atoms with Gasteiger partial charge in [-0.15, -0.1) is 0 Å². The third-order valence-corrected chi connectivity index (χ3v) is 4.41. The van der Waals surface area contributed by atoms with Gasteiger partial charge in [-0.05, 0) is 17.7 Å². The number of nitro groups is 1. The number of hydrogen-bond donors (Lipinski definition) is 1. The van der Waals surface area contributed by atoms with Gasteiger partial charge >= 0.3 is 0 Å². The van der Waals surface area contributed by atoms with Crippen LogP contribution < -0.4 is 5.73 Å². The highest BCUT2D eigenvalue weighted by Crippen LogP contribution is 2.24. The Bertz CT molecular complexity index is 808. The van der Waals surface area contributed by atoms with Crippen LogP contribution in [0.3, 0.4) is 0 Å². The number of hydrogen-bond acceptors (Lipinski definition) is 6. The van der Waals surface area contributed by atoms with E-state index in [0.29, 0.717) is 0 Å². The van der Waals surface area contributed by atoms with Gasteiger partial charge in [0, 0.05) is 12.3 Å². The Morgan fingerprint density at radius 2 is 2.05 bits per heavy atom. The van der Waals surface area contributed by atoms with E-state index in [1.807, 2.05) is 0 Å². The molecule has 7 nitrogen and oxygen atoms in total. The summed E-state index contributed by atoms with van der Waals surface area (Å²) < 4.78 is 37.7. The van der Waals surface area contributed by atoms with Crippen molar-refractivity contribution < 1.29 is 17.7 Å². The zero-order valence-corrected chi connectivity index (χ0v) is 11.4. The van der Waals surface area contributed by atoms with Crippen LogP contribution in [0, 0.1) is 15.9 Å². The molecule has 0 saturated heterocycles. The fraction of sp³-hybridized carbons (Fsp3) is 0.0833. The smallest absolute Gasteiger partial charge is 0.272 e. The first-order chi connectivity index (χ1) is 9.79. The van der Waals surface area contributed by atoms with Gasteiger partial charge in [0.15, 0.2) is 9.84 Å². The van der Waals surface area contributed by atoms with Gasteiger partial charge in [-0.3, -0.25) is 15.1 Å². The van der Waals surface area contributed by atoms with Crippen molar-refractivity contribution in [3.05, 3.63) is 58.2 Å². The van der Waals surface area contributed by atoms with Crippen LogP contribution in [0.25, 0.3) is 0 Å². The predicted octanol–water partition coefficient (Wildman–Crippen LogP) is 1.69. The maximum Gasteiger partial charge on any atom is 0.272 e. The molecule has 0 aliphatic heterocycles. The molecule has 1 aromatic heterocycles. The van der Waals surface area contributed by atoms with Crippen LogP contribution in [-0.4, -0.2) is 18.3 Å². The fourth-order valence-electron chi connectivity index (χ4n) is 1.80. The number of anilines is 1. The topological polar surface area (TPSA) is 116 Å². The van der Waals surface area contributed by atoms with Crippen molar-refractivity contribution in [1.82, 2.24) is 4.98 Å². The number of pyridine rings is 1. The maximum atomic E-state index is 13.3. The van der Waals surface area contributed by atoms with Gasteiger partial charge in [-0.25, -0.2) is 12.8 Å². The number of nitrogens with two attached hydrogens (primary N) is 1. The van der Waals surface area contributed by atoms with Crippen LogP contribution in [0.5, 0.6) is 0 Å². The molecule has 0 aliphatic rings. The van der Waals surface area contributed by atoms with Crippen LogP contribution in [-0.2, 0) is 15.6 Å². The minimum atomic E-state index is -3.86. The highest BCUT2D eigenvalue weighted by Gasteiger charge is 2.20. The third-order valence-electron chi connectivity index (χ3n) is 2.66. The quantitative estimate of drug-likeness (QED) is 0.678. The summed E-state index contributed by atoms with van der Waals surface area (Å²) in [6.45, 7) is 0. The van der Waals surface area contributed by atoms with E-state index in [0.717, 1.165) is 18.2 Å². The average Bonchev–Trinajstić information content (AvgIpc) is 2.37. The van der Waals surface area contributed by atoms with Gasteiger partial charge in [0.25, 0.3) is 5.69 Å².